The van der Waals surface area contributed by atoms with Gasteiger partial charge in [0.25, 0.3) is 0 Å². The van der Waals surface area contributed by atoms with Gasteiger partial charge in [0.05, 0.1) is 22.1 Å². The third kappa shape index (κ3) is 4.71. The first kappa shape index (κ1) is 33.0. The molecule has 12 rings (SSSR count). The van der Waals surface area contributed by atoms with Crippen LogP contribution in [-0.4, -0.2) is 4.57 Å². The highest BCUT2D eigenvalue weighted by molar-refractivity contribution is 6.11. The summed E-state index contributed by atoms with van der Waals surface area (Å²) in [6.45, 7) is 0. The number of rotatable bonds is 2. The molecule has 0 radical (unpaired) electrons. The van der Waals surface area contributed by atoms with Gasteiger partial charge in [-0.3, -0.25) is 0 Å². The Hall–Kier alpha value is -7.22. The molecule has 0 fully saturated rings. The second kappa shape index (κ2) is 12.9. The van der Waals surface area contributed by atoms with Gasteiger partial charge in [0, 0.05) is 16.3 Å². The highest BCUT2D eigenvalue weighted by Crippen LogP contribution is 2.59. The largest absolute Gasteiger partial charge is 0.309 e. The minimum Gasteiger partial charge on any atom is -0.309 e. The average Bonchev–Trinajstić information content (AvgIpc) is 3.77. The molecule has 0 bridgehead atoms. The Morgan fingerprint density at radius 2 is 0.845 bits per heavy atom. The van der Waals surface area contributed by atoms with Crippen molar-refractivity contribution in [3.8, 4) is 39.1 Å². The molecule has 0 N–H and O–H groups in total. The first-order chi connectivity index (χ1) is 28.8. The number of hydrogen-bond acceptors (Lipinski definition) is 0. The maximum absolute atomic E-state index is 2.53. The predicted octanol–water partition coefficient (Wildman–Crippen LogP) is 14.0. The Morgan fingerprint density at radius 3 is 1.53 bits per heavy atom. The Labute approximate surface area is 339 Å². The van der Waals surface area contributed by atoms with Crippen molar-refractivity contribution in [1.82, 2.24) is 4.57 Å². The summed E-state index contributed by atoms with van der Waals surface area (Å²) < 4.78 is 2.53. The van der Waals surface area contributed by atoms with Gasteiger partial charge in [-0.05, 0) is 109 Å². The molecule has 0 unspecified atom stereocenters. The quantitative estimate of drug-likeness (QED) is 0.166. The van der Waals surface area contributed by atoms with Gasteiger partial charge in [0.15, 0.2) is 0 Å². The van der Waals surface area contributed by atoms with Crippen molar-refractivity contribution in [2.75, 3.05) is 0 Å². The summed E-state index contributed by atoms with van der Waals surface area (Å²) in [4.78, 5) is 0. The lowest BCUT2D eigenvalue weighted by atomic mass is 9.64. The van der Waals surface area contributed by atoms with Crippen molar-refractivity contribution in [3.63, 3.8) is 0 Å². The zero-order valence-corrected chi connectivity index (χ0v) is 32.1. The molecule has 0 aliphatic heterocycles. The zero-order valence-electron chi connectivity index (χ0n) is 32.1. The normalized spacial score (nSPS) is 13.5. The van der Waals surface area contributed by atoms with Gasteiger partial charge >= 0.3 is 0 Å². The fourth-order valence-electron chi connectivity index (χ4n) is 10.6. The highest BCUT2D eigenvalue weighted by Gasteiger charge is 2.49. The molecule has 1 heteroatoms. The molecule has 0 saturated heterocycles. The molecule has 1 spiro atoms. The summed E-state index contributed by atoms with van der Waals surface area (Å²) in [5.74, 6) is 0. The van der Waals surface area contributed by atoms with Gasteiger partial charge in [-0.25, -0.2) is 0 Å². The van der Waals surface area contributed by atoms with Crippen molar-refractivity contribution in [2.45, 2.75) is 18.3 Å². The van der Waals surface area contributed by atoms with Crippen LogP contribution in [0.2, 0.25) is 0 Å². The summed E-state index contributed by atoms with van der Waals surface area (Å²) in [5, 5.41) is 2.52. The molecular weight excluding hydrogens is 699 g/mol. The molecule has 0 saturated carbocycles. The van der Waals surface area contributed by atoms with Crippen molar-refractivity contribution < 1.29 is 0 Å². The fourth-order valence-corrected chi connectivity index (χ4v) is 10.6. The predicted molar refractivity (Wildman–Crippen MR) is 241 cm³/mol. The second-order valence-corrected chi connectivity index (χ2v) is 15.9. The van der Waals surface area contributed by atoms with E-state index < -0.39 is 5.41 Å². The Kier molecular flexibility index (Phi) is 7.34. The van der Waals surface area contributed by atoms with E-state index in [4.69, 9.17) is 0 Å². The van der Waals surface area contributed by atoms with E-state index >= 15 is 0 Å². The summed E-state index contributed by atoms with van der Waals surface area (Å²) in [6.07, 6.45) is 1.66. The maximum atomic E-state index is 2.53. The summed E-state index contributed by atoms with van der Waals surface area (Å²) in [7, 11) is 0. The van der Waals surface area contributed by atoms with Crippen LogP contribution in [0.3, 0.4) is 0 Å². The first-order valence-electron chi connectivity index (χ1n) is 20.4. The van der Waals surface area contributed by atoms with E-state index in [9.17, 15) is 0 Å². The van der Waals surface area contributed by atoms with Crippen LogP contribution in [0.4, 0.5) is 0 Å². The zero-order chi connectivity index (χ0) is 38.2. The van der Waals surface area contributed by atoms with E-state index in [-0.39, 0.29) is 0 Å². The summed E-state index contributed by atoms with van der Waals surface area (Å²) >= 11 is 0. The molecule has 1 aromatic heterocycles. The lowest BCUT2D eigenvalue weighted by Crippen LogP contribution is -2.31. The number of fused-ring (bicyclic) bond motifs is 15. The standard InChI is InChI=1S/C57H39N/c1-2-17-38(18-3-1)39-33-34-54-48(37-39)46-25-11-15-31-53(46)58(54)55-32-16-30-52-56(55)47-26-10-14-29-51(47)57(52)49-27-12-6-21-42(49)35-40-19-4-8-23-44(40)45-24-9-5-20-41(45)36-43-22-7-13-28-50(43)57/h1-34,37H,35-36H2. The van der Waals surface area contributed by atoms with Crippen LogP contribution < -0.4 is 0 Å². The van der Waals surface area contributed by atoms with Crippen LogP contribution in [0, 0.1) is 0 Å². The van der Waals surface area contributed by atoms with Gasteiger partial charge in [0.2, 0.25) is 0 Å². The molecule has 9 aromatic carbocycles. The Bertz CT molecular complexity index is 3140. The van der Waals surface area contributed by atoms with Crippen molar-refractivity contribution in [3.05, 3.63) is 257 Å². The van der Waals surface area contributed by atoms with Gasteiger partial charge in [-0.15, -0.1) is 0 Å². The molecule has 10 aromatic rings. The number of para-hydroxylation sites is 1. The third-order valence-electron chi connectivity index (χ3n) is 13.0. The molecule has 2 aliphatic carbocycles. The molecule has 2 aliphatic rings. The number of benzene rings is 9. The molecule has 0 atom stereocenters. The molecule has 1 heterocycles. The fraction of sp³-hybridized carbons (Fsp3) is 0.0526. The van der Waals surface area contributed by atoms with Crippen LogP contribution in [0.5, 0.6) is 0 Å². The second-order valence-electron chi connectivity index (χ2n) is 15.9. The average molecular weight is 738 g/mol. The van der Waals surface area contributed by atoms with Gasteiger partial charge in [-0.1, -0.05) is 188 Å². The minimum absolute atomic E-state index is 0.567. The van der Waals surface area contributed by atoms with Crippen LogP contribution in [0.25, 0.3) is 60.9 Å². The van der Waals surface area contributed by atoms with Crippen molar-refractivity contribution >= 4 is 21.8 Å². The molecule has 58 heavy (non-hydrogen) atoms. The van der Waals surface area contributed by atoms with Crippen LogP contribution >= 0.6 is 0 Å². The lowest BCUT2D eigenvalue weighted by Gasteiger charge is -2.37. The van der Waals surface area contributed by atoms with Crippen LogP contribution in [-0.2, 0) is 18.3 Å². The van der Waals surface area contributed by atoms with Gasteiger partial charge in [0.1, 0.15) is 0 Å². The Balaban J connectivity index is 1.20. The Morgan fingerprint density at radius 1 is 0.328 bits per heavy atom. The van der Waals surface area contributed by atoms with E-state index in [1.54, 1.807) is 0 Å². The third-order valence-corrected chi connectivity index (χ3v) is 13.0. The van der Waals surface area contributed by atoms with Crippen LogP contribution in [0.15, 0.2) is 212 Å². The first-order valence-corrected chi connectivity index (χ1v) is 20.4. The maximum Gasteiger partial charge on any atom is 0.0719 e. The number of hydrogen-bond donors (Lipinski definition) is 0. The van der Waals surface area contributed by atoms with E-state index in [0.29, 0.717) is 0 Å². The topological polar surface area (TPSA) is 4.93 Å². The molecule has 272 valence electrons. The highest BCUT2D eigenvalue weighted by atomic mass is 15.0. The van der Waals surface area contributed by atoms with E-state index in [2.05, 4.69) is 217 Å². The van der Waals surface area contributed by atoms with Gasteiger partial charge in [-0.2, -0.15) is 0 Å². The number of nitrogens with zero attached hydrogens (tertiary/aromatic N) is 1. The van der Waals surface area contributed by atoms with Crippen molar-refractivity contribution in [2.24, 2.45) is 0 Å². The summed E-state index contributed by atoms with van der Waals surface area (Å²) in [5.41, 5.74) is 21.5. The smallest absolute Gasteiger partial charge is 0.0719 e. The molecular formula is C57H39N. The lowest BCUT2D eigenvalue weighted by molar-refractivity contribution is 0.745. The van der Waals surface area contributed by atoms with E-state index in [1.165, 1.54) is 105 Å². The van der Waals surface area contributed by atoms with Crippen molar-refractivity contribution in [1.29, 1.82) is 0 Å². The SMILES string of the molecule is c1ccc(-c2ccc3c(c2)c2ccccc2n3-c2cccc3c2-c2ccccc2C32c3ccccc3Cc3ccccc3-c3ccccc3Cc3ccccc32)cc1. The van der Waals surface area contributed by atoms with E-state index in [1.807, 2.05) is 0 Å². The minimum atomic E-state index is -0.567. The van der Waals surface area contributed by atoms with Crippen LogP contribution in [0.1, 0.15) is 44.5 Å². The van der Waals surface area contributed by atoms with Gasteiger partial charge < -0.3 is 4.57 Å². The number of aromatic nitrogens is 1. The molecule has 1 nitrogen and oxygen atoms in total. The summed E-state index contributed by atoms with van der Waals surface area (Å²) in [6, 6.07) is 79.7. The molecule has 0 amide bonds. The van der Waals surface area contributed by atoms with E-state index in [0.717, 1.165) is 12.8 Å². The monoisotopic (exact) mass is 737 g/mol.